The van der Waals surface area contributed by atoms with Crippen molar-refractivity contribution in [2.24, 2.45) is 0 Å². The number of anilines is 1. The zero-order chi connectivity index (χ0) is 15.1. The van der Waals surface area contributed by atoms with Crippen molar-refractivity contribution >= 4 is 11.7 Å². The minimum Gasteiger partial charge on any atom is -0.449 e. The van der Waals surface area contributed by atoms with Gasteiger partial charge in [-0.3, -0.25) is 0 Å². The molecule has 0 bridgehead atoms. The number of benzene rings is 2. The summed E-state index contributed by atoms with van der Waals surface area (Å²) in [6, 6.07) is 13.2. The fourth-order valence-electron chi connectivity index (χ4n) is 1.77. The molecule has 2 aromatic rings. The summed E-state index contributed by atoms with van der Waals surface area (Å²) >= 11 is 0. The highest BCUT2D eigenvalue weighted by atomic mass is 19.1. The first-order valence-corrected chi connectivity index (χ1v) is 6.38. The summed E-state index contributed by atoms with van der Waals surface area (Å²) in [6.45, 7) is 0.455. The van der Waals surface area contributed by atoms with Crippen molar-refractivity contribution in [1.82, 2.24) is 0 Å². The van der Waals surface area contributed by atoms with E-state index in [9.17, 15) is 9.18 Å². The molecule has 2 rings (SSSR count). The minimum atomic E-state index is -0.454. The Morgan fingerprint density at radius 1 is 1.24 bits per heavy atom. The second-order valence-corrected chi connectivity index (χ2v) is 4.34. The minimum absolute atomic E-state index is 0.0432. The Morgan fingerprint density at radius 2 is 2.00 bits per heavy atom. The number of carbonyl (C=O) groups excluding carboxylic acids is 1. The number of halogens is 1. The first kappa shape index (κ1) is 14.6. The van der Waals surface area contributed by atoms with Gasteiger partial charge in [-0.05, 0) is 42.0 Å². The molecule has 0 aromatic heterocycles. The molecule has 0 fully saturated rings. The van der Waals surface area contributed by atoms with Crippen LogP contribution in [-0.2, 0) is 11.3 Å². The van der Waals surface area contributed by atoms with Crippen LogP contribution in [0.5, 0.6) is 0 Å². The fraction of sp³-hybridized carbons (Fsp3) is 0.118. The summed E-state index contributed by atoms with van der Waals surface area (Å²) in [4.78, 5) is 11.6. The van der Waals surface area contributed by atoms with Crippen molar-refractivity contribution in [3.8, 4) is 12.3 Å². The van der Waals surface area contributed by atoms with E-state index in [1.54, 1.807) is 30.3 Å². The Hall–Kier alpha value is -2.80. The van der Waals surface area contributed by atoms with E-state index in [4.69, 9.17) is 11.2 Å². The largest absolute Gasteiger partial charge is 0.449 e. The van der Waals surface area contributed by atoms with Gasteiger partial charge in [-0.25, -0.2) is 9.18 Å². The van der Waals surface area contributed by atoms with Crippen LogP contribution in [0.3, 0.4) is 0 Å². The number of rotatable bonds is 5. The van der Waals surface area contributed by atoms with Gasteiger partial charge in [0, 0.05) is 12.2 Å². The number of hydrogen-bond donors (Lipinski definition) is 1. The molecule has 106 valence electrons. The lowest BCUT2D eigenvalue weighted by molar-refractivity contribution is 0.0557. The standard InChI is InChI=1S/C17H14FNO2/c1-2-10-21-17(20)14-6-8-16(9-7-14)19-12-13-4-3-5-15(18)11-13/h1,3-9,11,19H,10,12H2. The fourth-order valence-corrected chi connectivity index (χ4v) is 1.77. The van der Waals surface area contributed by atoms with Crippen LogP contribution in [0.2, 0.25) is 0 Å². The van der Waals surface area contributed by atoms with Gasteiger partial charge in [0.15, 0.2) is 6.61 Å². The Morgan fingerprint density at radius 3 is 2.67 bits per heavy atom. The van der Waals surface area contributed by atoms with Crippen LogP contribution in [-0.4, -0.2) is 12.6 Å². The van der Waals surface area contributed by atoms with E-state index >= 15 is 0 Å². The van der Waals surface area contributed by atoms with Crippen molar-refractivity contribution in [1.29, 1.82) is 0 Å². The Bertz CT molecular complexity index is 659. The summed E-state index contributed by atoms with van der Waals surface area (Å²) < 4.78 is 17.9. The van der Waals surface area contributed by atoms with Gasteiger partial charge in [0.05, 0.1) is 5.56 Å². The average Bonchev–Trinajstić information content (AvgIpc) is 2.51. The Balaban J connectivity index is 1.93. The van der Waals surface area contributed by atoms with Gasteiger partial charge < -0.3 is 10.1 Å². The van der Waals surface area contributed by atoms with Gasteiger partial charge in [0.2, 0.25) is 0 Å². The third kappa shape index (κ3) is 4.36. The summed E-state index contributed by atoms with van der Waals surface area (Å²) in [5, 5.41) is 3.15. The molecule has 0 saturated carbocycles. The second-order valence-electron chi connectivity index (χ2n) is 4.34. The summed E-state index contributed by atoms with van der Waals surface area (Å²) in [5.74, 6) is 1.52. The van der Waals surface area contributed by atoms with Crippen molar-refractivity contribution < 1.29 is 13.9 Å². The van der Waals surface area contributed by atoms with Crippen LogP contribution in [0.25, 0.3) is 0 Å². The van der Waals surface area contributed by atoms with Crippen LogP contribution in [0.1, 0.15) is 15.9 Å². The quantitative estimate of drug-likeness (QED) is 0.676. The third-order valence-electron chi connectivity index (χ3n) is 2.79. The highest BCUT2D eigenvalue weighted by Gasteiger charge is 2.05. The van der Waals surface area contributed by atoms with Gasteiger partial charge in [-0.15, -0.1) is 6.42 Å². The van der Waals surface area contributed by atoms with Crippen LogP contribution in [0.15, 0.2) is 48.5 Å². The lowest BCUT2D eigenvalue weighted by Gasteiger charge is -2.07. The van der Waals surface area contributed by atoms with Crippen molar-refractivity contribution in [3.63, 3.8) is 0 Å². The maximum Gasteiger partial charge on any atom is 0.339 e. The average molecular weight is 283 g/mol. The van der Waals surface area contributed by atoms with Crippen LogP contribution >= 0.6 is 0 Å². The van der Waals surface area contributed by atoms with E-state index in [1.165, 1.54) is 12.1 Å². The normalized spacial score (nSPS) is 9.71. The van der Waals surface area contributed by atoms with Crippen LogP contribution in [0, 0.1) is 18.2 Å². The molecule has 0 amide bonds. The predicted octanol–water partition coefficient (Wildman–Crippen LogP) is 3.23. The molecule has 0 radical (unpaired) electrons. The van der Waals surface area contributed by atoms with Gasteiger partial charge in [0.1, 0.15) is 5.82 Å². The first-order chi connectivity index (χ1) is 10.2. The molecule has 0 saturated heterocycles. The van der Waals surface area contributed by atoms with E-state index < -0.39 is 5.97 Å². The SMILES string of the molecule is C#CCOC(=O)c1ccc(NCc2cccc(F)c2)cc1. The maximum absolute atomic E-state index is 13.0. The molecule has 0 atom stereocenters. The van der Waals surface area contributed by atoms with Gasteiger partial charge >= 0.3 is 5.97 Å². The van der Waals surface area contributed by atoms with Gasteiger partial charge in [-0.1, -0.05) is 18.1 Å². The number of carbonyl (C=O) groups is 1. The molecule has 0 heterocycles. The number of ether oxygens (including phenoxy) is 1. The highest BCUT2D eigenvalue weighted by molar-refractivity contribution is 5.89. The van der Waals surface area contributed by atoms with E-state index in [0.29, 0.717) is 12.1 Å². The molecular formula is C17H14FNO2. The molecule has 2 aromatic carbocycles. The Labute approximate surface area is 122 Å². The van der Waals surface area contributed by atoms with E-state index in [1.807, 2.05) is 6.07 Å². The van der Waals surface area contributed by atoms with Crippen molar-refractivity contribution in [3.05, 3.63) is 65.5 Å². The smallest absolute Gasteiger partial charge is 0.339 e. The predicted molar refractivity (Wildman–Crippen MR) is 79.3 cm³/mol. The molecule has 0 aliphatic carbocycles. The number of esters is 1. The zero-order valence-electron chi connectivity index (χ0n) is 11.3. The van der Waals surface area contributed by atoms with Crippen LogP contribution < -0.4 is 5.32 Å². The summed E-state index contributed by atoms with van der Waals surface area (Å²) in [6.07, 6.45) is 5.02. The molecule has 3 nitrogen and oxygen atoms in total. The lowest BCUT2D eigenvalue weighted by Crippen LogP contribution is -2.05. The highest BCUT2D eigenvalue weighted by Crippen LogP contribution is 2.12. The topological polar surface area (TPSA) is 38.3 Å². The maximum atomic E-state index is 13.0. The molecule has 0 unspecified atom stereocenters. The third-order valence-corrected chi connectivity index (χ3v) is 2.79. The van der Waals surface area contributed by atoms with Crippen molar-refractivity contribution in [2.45, 2.75) is 6.54 Å². The molecule has 0 aliphatic heterocycles. The number of terminal acetylenes is 1. The van der Waals surface area contributed by atoms with Crippen LogP contribution in [0.4, 0.5) is 10.1 Å². The van der Waals surface area contributed by atoms with Gasteiger partial charge in [-0.2, -0.15) is 0 Å². The molecule has 1 N–H and O–H groups in total. The summed E-state index contributed by atoms with van der Waals surface area (Å²) in [5.41, 5.74) is 2.10. The molecule has 0 aliphatic rings. The molecule has 4 heteroatoms. The lowest BCUT2D eigenvalue weighted by atomic mass is 10.2. The zero-order valence-corrected chi connectivity index (χ0v) is 11.3. The van der Waals surface area contributed by atoms with E-state index in [0.717, 1.165) is 11.3 Å². The van der Waals surface area contributed by atoms with Crippen molar-refractivity contribution in [2.75, 3.05) is 11.9 Å². The monoisotopic (exact) mass is 283 g/mol. The molecule has 21 heavy (non-hydrogen) atoms. The number of nitrogens with one attached hydrogen (secondary N) is 1. The first-order valence-electron chi connectivity index (χ1n) is 6.38. The molecule has 0 spiro atoms. The van der Waals surface area contributed by atoms with Gasteiger partial charge in [0.25, 0.3) is 0 Å². The summed E-state index contributed by atoms with van der Waals surface area (Å²) in [7, 11) is 0. The second kappa shape index (κ2) is 7.11. The Kier molecular flexibility index (Phi) is 4.94. The molecular weight excluding hydrogens is 269 g/mol. The van der Waals surface area contributed by atoms with E-state index in [2.05, 4.69) is 11.2 Å². The van der Waals surface area contributed by atoms with E-state index in [-0.39, 0.29) is 12.4 Å². The number of hydrogen-bond acceptors (Lipinski definition) is 3.